The van der Waals surface area contributed by atoms with Crippen LogP contribution in [0.15, 0.2) is 69.9 Å². The van der Waals surface area contributed by atoms with Crippen molar-refractivity contribution in [1.82, 2.24) is 24.7 Å². The number of thioether (sulfide) groups is 1. The van der Waals surface area contributed by atoms with Gasteiger partial charge in [-0.15, -0.1) is 21.5 Å². The van der Waals surface area contributed by atoms with Gasteiger partial charge in [-0.3, -0.25) is 4.79 Å². The van der Waals surface area contributed by atoms with Gasteiger partial charge in [0.2, 0.25) is 0 Å². The van der Waals surface area contributed by atoms with Crippen molar-refractivity contribution in [2.24, 2.45) is 0 Å². The van der Waals surface area contributed by atoms with E-state index in [1.807, 2.05) is 71.5 Å². The Bertz CT molecular complexity index is 1460. The average molecular weight is 480 g/mol. The number of aromatic amines is 1. The van der Waals surface area contributed by atoms with Crippen LogP contribution in [0.4, 0.5) is 0 Å². The van der Waals surface area contributed by atoms with Crippen LogP contribution in [0.2, 0.25) is 5.02 Å². The third kappa shape index (κ3) is 3.97. The van der Waals surface area contributed by atoms with Crippen LogP contribution in [0.1, 0.15) is 12.7 Å². The summed E-state index contributed by atoms with van der Waals surface area (Å²) in [4.78, 5) is 21.2. The summed E-state index contributed by atoms with van der Waals surface area (Å²) in [5, 5.41) is 12.8. The zero-order valence-corrected chi connectivity index (χ0v) is 19.5. The minimum absolute atomic E-state index is 0.123. The van der Waals surface area contributed by atoms with Gasteiger partial charge in [-0.2, -0.15) is 0 Å². The van der Waals surface area contributed by atoms with E-state index >= 15 is 0 Å². The molecule has 0 saturated heterocycles. The molecule has 0 bridgehead atoms. The maximum atomic E-state index is 12.9. The van der Waals surface area contributed by atoms with E-state index in [1.165, 1.54) is 23.1 Å². The molecule has 5 aromatic rings. The molecule has 9 heteroatoms. The van der Waals surface area contributed by atoms with Crippen molar-refractivity contribution < 1.29 is 0 Å². The van der Waals surface area contributed by atoms with Gasteiger partial charge in [0.1, 0.15) is 10.7 Å². The number of hydrogen-bond donors (Lipinski definition) is 1. The highest BCUT2D eigenvalue weighted by molar-refractivity contribution is 7.98. The zero-order chi connectivity index (χ0) is 22.1. The molecule has 0 saturated carbocycles. The van der Waals surface area contributed by atoms with Gasteiger partial charge >= 0.3 is 0 Å². The molecule has 1 N–H and O–H groups in total. The minimum Gasteiger partial charge on any atom is -0.309 e. The zero-order valence-electron chi connectivity index (χ0n) is 17.1. The topological polar surface area (TPSA) is 76.5 Å². The van der Waals surface area contributed by atoms with E-state index in [0.717, 1.165) is 32.5 Å². The maximum absolute atomic E-state index is 12.9. The number of thiophene rings is 1. The first-order chi connectivity index (χ1) is 15.6. The highest BCUT2D eigenvalue weighted by Crippen LogP contribution is 2.31. The SMILES string of the molecule is CCn1c(SCc2nc3scc(-c4ccccc4)c3c(=O)[nH]2)nnc1-c1cccc(Cl)c1. The molecule has 32 heavy (non-hydrogen) atoms. The van der Waals surface area contributed by atoms with Gasteiger partial charge < -0.3 is 9.55 Å². The van der Waals surface area contributed by atoms with Gasteiger partial charge in [0.15, 0.2) is 11.0 Å². The Hall–Kier alpha value is -2.94. The monoisotopic (exact) mass is 479 g/mol. The molecule has 0 spiro atoms. The number of rotatable bonds is 6. The Morgan fingerprint density at radius 3 is 2.69 bits per heavy atom. The van der Waals surface area contributed by atoms with E-state index in [1.54, 1.807) is 0 Å². The summed E-state index contributed by atoms with van der Waals surface area (Å²) in [7, 11) is 0. The molecule has 0 fully saturated rings. The fourth-order valence-electron chi connectivity index (χ4n) is 3.55. The van der Waals surface area contributed by atoms with Gasteiger partial charge in [-0.05, 0) is 24.6 Å². The summed E-state index contributed by atoms with van der Waals surface area (Å²) in [5.74, 6) is 1.86. The van der Waals surface area contributed by atoms with Crippen LogP contribution in [0, 0.1) is 0 Å². The Labute approximate surface area is 197 Å². The smallest absolute Gasteiger partial charge is 0.260 e. The number of halogens is 1. The Morgan fingerprint density at radius 1 is 1.09 bits per heavy atom. The summed E-state index contributed by atoms with van der Waals surface area (Å²) in [5.41, 5.74) is 2.72. The van der Waals surface area contributed by atoms with E-state index in [2.05, 4.69) is 15.2 Å². The third-order valence-corrected chi connectivity index (χ3v) is 7.12. The number of fused-ring (bicyclic) bond motifs is 1. The molecule has 0 unspecified atom stereocenters. The van der Waals surface area contributed by atoms with Crippen LogP contribution in [-0.2, 0) is 12.3 Å². The molecule has 3 aromatic heterocycles. The van der Waals surface area contributed by atoms with Gasteiger partial charge in [0, 0.05) is 28.1 Å². The number of benzene rings is 2. The quantitative estimate of drug-likeness (QED) is 0.308. The molecule has 0 aliphatic heterocycles. The number of hydrogen-bond acceptors (Lipinski definition) is 6. The van der Waals surface area contributed by atoms with E-state index in [-0.39, 0.29) is 5.56 Å². The third-order valence-electron chi connectivity index (χ3n) is 5.03. The molecule has 0 radical (unpaired) electrons. The molecule has 3 heterocycles. The van der Waals surface area contributed by atoms with Crippen molar-refractivity contribution in [1.29, 1.82) is 0 Å². The van der Waals surface area contributed by atoms with E-state index < -0.39 is 0 Å². The van der Waals surface area contributed by atoms with Crippen LogP contribution in [0.3, 0.4) is 0 Å². The Kier molecular flexibility index (Phi) is 5.82. The summed E-state index contributed by atoms with van der Waals surface area (Å²) in [6.45, 7) is 2.76. The number of aromatic nitrogens is 5. The van der Waals surface area contributed by atoms with Crippen molar-refractivity contribution in [3.8, 4) is 22.5 Å². The van der Waals surface area contributed by atoms with Crippen LogP contribution in [-0.4, -0.2) is 24.7 Å². The molecular weight excluding hydrogens is 462 g/mol. The lowest BCUT2D eigenvalue weighted by Gasteiger charge is -2.07. The predicted octanol–water partition coefficient (Wildman–Crippen LogP) is 5.88. The van der Waals surface area contributed by atoms with Crippen molar-refractivity contribution in [2.45, 2.75) is 24.4 Å². The van der Waals surface area contributed by atoms with Crippen molar-refractivity contribution in [3.63, 3.8) is 0 Å². The van der Waals surface area contributed by atoms with E-state index in [9.17, 15) is 4.79 Å². The first-order valence-corrected chi connectivity index (χ1v) is 12.3. The first-order valence-electron chi connectivity index (χ1n) is 10.0. The van der Waals surface area contributed by atoms with E-state index in [0.29, 0.717) is 28.5 Å². The fraction of sp³-hybridized carbons (Fsp3) is 0.130. The van der Waals surface area contributed by atoms with Gasteiger partial charge in [0.05, 0.1) is 11.1 Å². The largest absolute Gasteiger partial charge is 0.309 e. The normalized spacial score (nSPS) is 11.3. The highest BCUT2D eigenvalue weighted by Gasteiger charge is 2.16. The minimum atomic E-state index is -0.123. The summed E-state index contributed by atoms with van der Waals surface area (Å²) < 4.78 is 2.03. The summed E-state index contributed by atoms with van der Waals surface area (Å²) in [6.07, 6.45) is 0. The molecule has 0 aliphatic carbocycles. The second kappa shape index (κ2) is 8.90. The number of H-pyrrole nitrogens is 1. The second-order valence-electron chi connectivity index (χ2n) is 7.06. The van der Waals surface area contributed by atoms with Gasteiger partial charge in [-0.25, -0.2) is 4.98 Å². The number of nitrogens with one attached hydrogen (secondary N) is 1. The van der Waals surface area contributed by atoms with Crippen LogP contribution in [0.5, 0.6) is 0 Å². The summed E-state index contributed by atoms with van der Waals surface area (Å²) in [6, 6.07) is 17.5. The molecular formula is C23H18ClN5OS2. The fourth-order valence-corrected chi connectivity index (χ4v) is 5.58. The first kappa shape index (κ1) is 20.9. The van der Waals surface area contributed by atoms with Crippen LogP contribution < -0.4 is 5.56 Å². The lowest BCUT2D eigenvalue weighted by atomic mass is 10.1. The molecule has 0 atom stereocenters. The lowest BCUT2D eigenvalue weighted by Crippen LogP contribution is -2.11. The lowest BCUT2D eigenvalue weighted by molar-refractivity contribution is 0.687. The molecule has 2 aromatic carbocycles. The Balaban J connectivity index is 1.42. The average Bonchev–Trinajstić information content (AvgIpc) is 3.42. The van der Waals surface area contributed by atoms with Crippen molar-refractivity contribution in [3.05, 3.63) is 81.2 Å². The molecule has 0 amide bonds. The van der Waals surface area contributed by atoms with Crippen LogP contribution >= 0.6 is 34.7 Å². The maximum Gasteiger partial charge on any atom is 0.260 e. The molecule has 160 valence electrons. The van der Waals surface area contributed by atoms with Gasteiger partial charge in [0.25, 0.3) is 5.56 Å². The van der Waals surface area contributed by atoms with Gasteiger partial charge in [-0.1, -0.05) is 65.8 Å². The van der Waals surface area contributed by atoms with Crippen molar-refractivity contribution in [2.75, 3.05) is 0 Å². The number of nitrogens with zero attached hydrogens (tertiary/aromatic N) is 4. The molecule has 5 rings (SSSR count). The molecule has 0 aliphatic rings. The highest BCUT2D eigenvalue weighted by atomic mass is 35.5. The predicted molar refractivity (Wildman–Crippen MR) is 131 cm³/mol. The van der Waals surface area contributed by atoms with E-state index in [4.69, 9.17) is 16.6 Å². The molecule has 6 nitrogen and oxygen atoms in total. The summed E-state index contributed by atoms with van der Waals surface area (Å²) >= 11 is 9.11. The van der Waals surface area contributed by atoms with Crippen molar-refractivity contribution >= 4 is 44.9 Å². The van der Waals surface area contributed by atoms with Crippen LogP contribution in [0.25, 0.3) is 32.7 Å². The second-order valence-corrected chi connectivity index (χ2v) is 9.29. The standard InChI is InChI=1S/C23H18ClN5OS2/c1-2-29-20(15-9-6-10-16(24)11-15)27-28-23(29)32-13-18-25-21(30)19-17(12-31-22(19)26-18)14-7-4-3-5-8-14/h3-12H,2,13H2,1H3,(H,25,26,30). The Morgan fingerprint density at radius 2 is 1.91 bits per heavy atom.